The van der Waals surface area contributed by atoms with Crippen LogP contribution in [0.4, 0.5) is 0 Å². The van der Waals surface area contributed by atoms with E-state index in [4.69, 9.17) is 5.73 Å². The van der Waals surface area contributed by atoms with Gasteiger partial charge in [0.1, 0.15) is 5.75 Å². The molecular formula is C21H26N2O. The molecule has 2 atom stereocenters. The largest absolute Gasteiger partial charge is 0.508 e. The molecule has 0 bridgehead atoms. The Kier molecular flexibility index (Phi) is 4.30. The molecule has 0 radical (unpaired) electrons. The maximum absolute atomic E-state index is 9.62. The Labute approximate surface area is 143 Å². The first-order valence-corrected chi connectivity index (χ1v) is 9.10. The predicted octanol–water partition coefficient (Wildman–Crippen LogP) is 3.77. The molecule has 0 amide bonds. The number of nitrogens with two attached hydrogens (primary N) is 1. The average Bonchev–Trinajstić information content (AvgIpc) is 3.36. The highest BCUT2D eigenvalue weighted by molar-refractivity contribution is 5.65. The van der Waals surface area contributed by atoms with Crippen molar-refractivity contribution in [3.05, 3.63) is 54.1 Å². The monoisotopic (exact) mass is 322 g/mol. The zero-order valence-corrected chi connectivity index (χ0v) is 14.0. The third kappa shape index (κ3) is 3.47. The van der Waals surface area contributed by atoms with Crippen LogP contribution in [-0.4, -0.2) is 23.2 Å². The Bertz CT molecular complexity index is 689. The van der Waals surface area contributed by atoms with Crippen LogP contribution in [0.25, 0.3) is 11.1 Å². The van der Waals surface area contributed by atoms with Gasteiger partial charge in [0.25, 0.3) is 0 Å². The zero-order chi connectivity index (χ0) is 16.5. The number of phenols is 1. The van der Waals surface area contributed by atoms with Gasteiger partial charge in [0.05, 0.1) is 0 Å². The van der Waals surface area contributed by atoms with Gasteiger partial charge in [0.15, 0.2) is 0 Å². The third-order valence-electron chi connectivity index (χ3n) is 5.53. The Hall–Kier alpha value is -1.84. The molecule has 126 valence electrons. The lowest BCUT2D eigenvalue weighted by atomic mass is 9.92. The van der Waals surface area contributed by atoms with Crippen LogP contribution in [0.15, 0.2) is 48.5 Å². The van der Waals surface area contributed by atoms with Gasteiger partial charge in [-0.15, -0.1) is 0 Å². The molecule has 0 aliphatic heterocycles. The summed E-state index contributed by atoms with van der Waals surface area (Å²) in [6.45, 7) is 0. The summed E-state index contributed by atoms with van der Waals surface area (Å²) in [6.07, 6.45) is 6.01. The molecule has 0 heterocycles. The van der Waals surface area contributed by atoms with Crippen LogP contribution in [0, 0.1) is 0 Å². The quantitative estimate of drug-likeness (QED) is 0.803. The van der Waals surface area contributed by atoms with Crippen molar-refractivity contribution in [3.8, 4) is 16.9 Å². The lowest BCUT2D eigenvalue weighted by molar-refractivity contribution is 0.339. The molecule has 0 saturated heterocycles. The summed E-state index contributed by atoms with van der Waals surface area (Å²) in [5.41, 5.74) is 9.62. The molecule has 4 rings (SSSR count). The third-order valence-corrected chi connectivity index (χ3v) is 5.53. The average molecular weight is 322 g/mol. The number of aromatic hydroxyl groups is 1. The summed E-state index contributed by atoms with van der Waals surface area (Å²) in [7, 11) is 0. The molecule has 0 aromatic heterocycles. The molecule has 2 aromatic rings. The van der Waals surface area contributed by atoms with E-state index in [0.717, 1.165) is 24.0 Å². The van der Waals surface area contributed by atoms with E-state index < -0.39 is 0 Å². The van der Waals surface area contributed by atoms with E-state index in [0.29, 0.717) is 29.8 Å². The Morgan fingerprint density at radius 3 is 2.38 bits per heavy atom. The fourth-order valence-electron chi connectivity index (χ4n) is 3.94. The first-order chi connectivity index (χ1) is 11.7. The van der Waals surface area contributed by atoms with Crippen molar-refractivity contribution in [2.24, 2.45) is 5.73 Å². The van der Waals surface area contributed by atoms with Crippen molar-refractivity contribution in [2.45, 2.75) is 56.1 Å². The van der Waals surface area contributed by atoms with E-state index in [2.05, 4.69) is 29.6 Å². The van der Waals surface area contributed by atoms with Gasteiger partial charge in [-0.25, -0.2) is 0 Å². The van der Waals surface area contributed by atoms with E-state index >= 15 is 0 Å². The molecule has 2 saturated carbocycles. The second kappa shape index (κ2) is 6.58. The maximum Gasteiger partial charge on any atom is 0.116 e. The van der Waals surface area contributed by atoms with Gasteiger partial charge in [0.2, 0.25) is 0 Å². The Morgan fingerprint density at radius 1 is 0.917 bits per heavy atom. The fraction of sp³-hybridized carbons (Fsp3) is 0.429. The second-order valence-corrected chi connectivity index (χ2v) is 7.40. The number of rotatable bonds is 4. The summed E-state index contributed by atoms with van der Waals surface area (Å²) < 4.78 is 0. The lowest BCUT2D eigenvalue weighted by Gasteiger charge is -2.27. The fourth-order valence-corrected chi connectivity index (χ4v) is 3.94. The van der Waals surface area contributed by atoms with Gasteiger partial charge in [-0.1, -0.05) is 36.4 Å². The molecule has 0 spiro atoms. The SMILES string of the molecule is N[C@H]1CC[C@H](NC2CC2c2ccc(-c3cccc(O)c3)cc2)CC1. The van der Waals surface area contributed by atoms with Crippen LogP contribution in [0.1, 0.15) is 43.6 Å². The Morgan fingerprint density at radius 2 is 1.67 bits per heavy atom. The molecule has 2 aliphatic carbocycles. The minimum absolute atomic E-state index is 0.315. The first-order valence-electron chi connectivity index (χ1n) is 9.10. The molecule has 3 nitrogen and oxygen atoms in total. The topological polar surface area (TPSA) is 58.3 Å². The van der Waals surface area contributed by atoms with Crippen LogP contribution in [0.5, 0.6) is 5.75 Å². The van der Waals surface area contributed by atoms with Crippen LogP contribution in [-0.2, 0) is 0 Å². The molecule has 2 aromatic carbocycles. The number of benzene rings is 2. The number of nitrogens with one attached hydrogen (secondary N) is 1. The molecule has 4 N–H and O–H groups in total. The van der Waals surface area contributed by atoms with E-state index in [1.807, 2.05) is 18.2 Å². The minimum atomic E-state index is 0.315. The lowest BCUT2D eigenvalue weighted by Crippen LogP contribution is -2.38. The van der Waals surface area contributed by atoms with Crippen molar-refractivity contribution in [2.75, 3.05) is 0 Å². The molecule has 2 fully saturated rings. The smallest absolute Gasteiger partial charge is 0.116 e. The van der Waals surface area contributed by atoms with E-state index in [1.165, 1.54) is 24.8 Å². The van der Waals surface area contributed by atoms with E-state index in [1.54, 1.807) is 6.07 Å². The van der Waals surface area contributed by atoms with Crippen LogP contribution >= 0.6 is 0 Å². The van der Waals surface area contributed by atoms with Crippen LogP contribution in [0.2, 0.25) is 0 Å². The minimum Gasteiger partial charge on any atom is -0.508 e. The number of hydrogen-bond acceptors (Lipinski definition) is 3. The Balaban J connectivity index is 1.36. The van der Waals surface area contributed by atoms with Gasteiger partial charge in [-0.05, 0) is 60.9 Å². The van der Waals surface area contributed by atoms with Crippen molar-refractivity contribution < 1.29 is 5.11 Å². The number of hydrogen-bond donors (Lipinski definition) is 3. The standard InChI is InChI=1S/C21H26N2O/c22-17-8-10-18(11-9-17)23-21-13-20(21)15-6-4-14(5-7-15)16-2-1-3-19(24)12-16/h1-7,12,17-18,20-21,23-24H,8-11,13,22H2/t17-,18-,20?,21?. The summed E-state index contributed by atoms with van der Waals surface area (Å²) in [5, 5.41) is 13.4. The van der Waals surface area contributed by atoms with Gasteiger partial charge in [-0.3, -0.25) is 0 Å². The van der Waals surface area contributed by atoms with Crippen molar-refractivity contribution in [1.82, 2.24) is 5.32 Å². The van der Waals surface area contributed by atoms with Crippen molar-refractivity contribution >= 4 is 0 Å². The molecule has 2 unspecified atom stereocenters. The molecular weight excluding hydrogens is 296 g/mol. The summed E-state index contributed by atoms with van der Waals surface area (Å²) in [5.74, 6) is 0.967. The highest BCUT2D eigenvalue weighted by Gasteiger charge is 2.39. The van der Waals surface area contributed by atoms with Crippen LogP contribution in [0.3, 0.4) is 0 Å². The second-order valence-electron chi connectivity index (χ2n) is 7.40. The van der Waals surface area contributed by atoms with Gasteiger partial charge in [0, 0.05) is 24.0 Å². The summed E-state index contributed by atoms with van der Waals surface area (Å²) in [4.78, 5) is 0. The van der Waals surface area contributed by atoms with Gasteiger partial charge >= 0.3 is 0 Å². The van der Waals surface area contributed by atoms with Crippen molar-refractivity contribution in [3.63, 3.8) is 0 Å². The molecule has 24 heavy (non-hydrogen) atoms. The zero-order valence-electron chi connectivity index (χ0n) is 14.0. The van der Waals surface area contributed by atoms with Gasteiger partial charge < -0.3 is 16.2 Å². The van der Waals surface area contributed by atoms with Crippen LogP contribution < -0.4 is 11.1 Å². The van der Waals surface area contributed by atoms with E-state index in [-0.39, 0.29) is 0 Å². The molecule has 3 heteroatoms. The highest BCUT2D eigenvalue weighted by Crippen LogP contribution is 2.42. The highest BCUT2D eigenvalue weighted by atomic mass is 16.3. The normalized spacial score (nSPS) is 29.4. The van der Waals surface area contributed by atoms with Gasteiger partial charge in [-0.2, -0.15) is 0 Å². The predicted molar refractivity (Wildman–Crippen MR) is 98.1 cm³/mol. The number of phenolic OH excluding ortho intramolecular Hbond substituents is 1. The maximum atomic E-state index is 9.62. The van der Waals surface area contributed by atoms with E-state index in [9.17, 15) is 5.11 Å². The van der Waals surface area contributed by atoms with Crippen molar-refractivity contribution in [1.29, 1.82) is 0 Å². The molecule has 2 aliphatic rings. The summed E-state index contributed by atoms with van der Waals surface area (Å²) >= 11 is 0. The summed E-state index contributed by atoms with van der Waals surface area (Å²) in [6, 6.07) is 18.0. The first kappa shape index (κ1) is 15.7.